The van der Waals surface area contributed by atoms with Gasteiger partial charge in [0, 0.05) is 35.1 Å². The lowest BCUT2D eigenvalue weighted by molar-refractivity contribution is 0.101. The van der Waals surface area contributed by atoms with Gasteiger partial charge >= 0.3 is 0 Å². The highest BCUT2D eigenvalue weighted by molar-refractivity contribution is 5.94. The van der Waals surface area contributed by atoms with Crippen LogP contribution in [-0.4, -0.2) is 15.8 Å². The number of nitrogens with zero attached hydrogens (tertiary/aromatic N) is 2. The summed E-state index contributed by atoms with van der Waals surface area (Å²) in [6, 6.07) is 15.5. The number of halogens is 1. The third kappa shape index (κ3) is 4.42. The second-order valence-corrected chi connectivity index (χ2v) is 5.92. The van der Waals surface area contributed by atoms with Gasteiger partial charge in [-0.3, -0.25) is 4.79 Å². The van der Waals surface area contributed by atoms with Gasteiger partial charge in [0.1, 0.15) is 11.6 Å². The van der Waals surface area contributed by atoms with Gasteiger partial charge in [0.15, 0.2) is 5.78 Å². The predicted molar refractivity (Wildman–Crippen MR) is 100 cm³/mol. The Morgan fingerprint density at radius 3 is 2.50 bits per heavy atom. The maximum atomic E-state index is 13.7. The van der Waals surface area contributed by atoms with E-state index in [-0.39, 0.29) is 11.6 Å². The molecule has 3 rings (SSSR count). The van der Waals surface area contributed by atoms with Crippen LogP contribution >= 0.6 is 0 Å². The molecule has 0 aliphatic heterocycles. The summed E-state index contributed by atoms with van der Waals surface area (Å²) in [5.74, 6) is 0.790. The Morgan fingerprint density at radius 2 is 1.81 bits per heavy atom. The van der Waals surface area contributed by atoms with E-state index in [9.17, 15) is 9.18 Å². The van der Waals surface area contributed by atoms with Crippen LogP contribution < -0.4 is 10.6 Å². The van der Waals surface area contributed by atoms with E-state index in [1.807, 2.05) is 6.92 Å². The number of anilines is 3. The van der Waals surface area contributed by atoms with Crippen LogP contribution in [0, 0.1) is 12.7 Å². The number of Topliss-reactive ketones (excluding diaryl/α,β-unsaturated/α-hetero) is 1. The van der Waals surface area contributed by atoms with Crippen molar-refractivity contribution in [1.29, 1.82) is 0 Å². The van der Waals surface area contributed by atoms with Crippen molar-refractivity contribution in [3.63, 3.8) is 0 Å². The third-order valence-electron chi connectivity index (χ3n) is 3.82. The predicted octanol–water partition coefficient (Wildman–Crippen LogP) is 4.48. The molecule has 6 heteroatoms. The fraction of sp³-hybridized carbons (Fsp3) is 0.150. The van der Waals surface area contributed by atoms with Crippen LogP contribution in [0.25, 0.3) is 0 Å². The summed E-state index contributed by atoms with van der Waals surface area (Å²) in [6.07, 6.45) is 0. The number of rotatable bonds is 6. The molecule has 0 saturated carbocycles. The van der Waals surface area contributed by atoms with Gasteiger partial charge in [-0.05, 0) is 44.2 Å². The van der Waals surface area contributed by atoms with Gasteiger partial charge in [-0.25, -0.2) is 9.37 Å². The van der Waals surface area contributed by atoms with Gasteiger partial charge < -0.3 is 10.6 Å². The molecule has 1 heterocycles. The number of ketones is 1. The van der Waals surface area contributed by atoms with Gasteiger partial charge in [0.05, 0.1) is 0 Å². The normalized spacial score (nSPS) is 10.4. The van der Waals surface area contributed by atoms with E-state index in [1.165, 1.54) is 13.0 Å². The highest BCUT2D eigenvalue weighted by Crippen LogP contribution is 2.17. The summed E-state index contributed by atoms with van der Waals surface area (Å²) in [5, 5.41) is 6.23. The Kier molecular flexibility index (Phi) is 5.22. The Labute approximate surface area is 151 Å². The molecule has 2 N–H and O–H groups in total. The summed E-state index contributed by atoms with van der Waals surface area (Å²) in [4.78, 5) is 20.1. The first-order valence-corrected chi connectivity index (χ1v) is 8.22. The van der Waals surface area contributed by atoms with E-state index in [2.05, 4.69) is 20.6 Å². The molecule has 0 saturated heterocycles. The summed E-state index contributed by atoms with van der Waals surface area (Å²) in [6.45, 7) is 3.72. The van der Waals surface area contributed by atoms with Crippen LogP contribution in [0.3, 0.4) is 0 Å². The number of aryl methyl sites for hydroxylation is 1. The molecule has 1 aromatic heterocycles. The maximum Gasteiger partial charge on any atom is 0.229 e. The fourth-order valence-electron chi connectivity index (χ4n) is 2.46. The lowest BCUT2D eigenvalue weighted by atomic mass is 10.1. The SMILES string of the molecule is CC(=O)c1ccc(Nc2nc(C)cc(NCc3ccccc3F)n2)cc1. The second kappa shape index (κ2) is 7.74. The molecule has 0 spiro atoms. The molecule has 26 heavy (non-hydrogen) atoms. The minimum Gasteiger partial charge on any atom is -0.366 e. The summed E-state index contributed by atoms with van der Waals surface area (Å²) < 4.78 is 13.7. The minimum absolute atomic E-state index is 0.0167. The lowest BCUT2D eigenvalue weighted by Crippen LogP contribution is -2.06. The van der Waals surface area contributed by atoms with Crippen molar-refractivity contribution in [1.82, 2.24) is 9.97 Å². The molecule has 2 aromatic carbocycles. The zero-order chi connectivity index (χ0) is 18.5. The number of aromatic nitrogens is 2. The Balaban J connectivity index is 1.73. The smallest absolute Gasteiger partial charge is 0.229 e. The monoisotopic (exact) mass is 350 g/mol. The standard InChI is InChI=1S/C20H19FN4O/c1-13-11-19(22-12-16-5-3-4-6-18(16)21)25-20(23-13)24-17-9-7-15(8-10-17)14(2)26/h3-11H,12H2,1-2H3,(H2,22,23,24,25). The topological polar surface area (TPSA) is 66.9 Å². The van der Waals surface area contributed by atoms with Crippen molar-refractivity contribution < 1.29 is 9.18 Å². The highest BCUT2D eigenvalue weighted by Gasteiger charge is 2.06. The molecule has 0 aliphatic rings. The number of hydrogen-bond donors (Lipinski definition) is 2. The molecule has 0 unspecified atom stereocenters. The molecule has 132 valence electrons. The van der Waals surface area contributed by atoms with Crippen molar-refractivity contribution in [3.05, 3.63) is 77.2 Å². The van der Waals surface area contributed by atoms with E-state index in [0.717, 1.165) is 11.4 Å². The quantitative estimate of drug-likeness (QED) is 0.642. The van der Waals surface area contributed by atoms with Crippen molar-refractivity contribution in [2.45, 2.75) is 20.4 Å². The molecular formula is C20H19FN4O. The molecule has 0 atom stereocenters. The number of hydrogen-bond acceptors (Lipinski definition) is 5. The van der Waals surface area contributed by atoms with Crippen molar-refractivity contribution >= 4 is 23.2 Å². The average molecular weight is 350 g/mol. The average Bonchev–Trinajstić information content (AvgIpc) is 2.61. The number of nitrogens with one attached hydrogen (secondary N) is 2. The Morgan fingerprint density at radius 1 is 1.08 bits per heavy atom. The van der Waals surface area contributed by atoms with Gasteiger partial charge in [-0.1, -0.05) is 18.2 Å². The first-order valence-electron chi connectivity index (χ1n) is 8.22. The molecular weight excluding hydrogens is 331 g/mol. The van der Waals surface area contributed by atoms with Gasteiger partial charge in [0.2, 0.25) is 5.95 Å². The van der Waals surface area contributed by atoms with E-state index >= 15 is 0 Å². The van der Waals surface area contributed by atoms with Crippen molar-refractivity contribution in [2.24, 2.45) is 0 Å². The number of benzene rings is 2. The summed E-state index contributed by atoms with van der Waals surface area (Å²) in [7, 11) is 0. The van der Waals surface area contributed by atoms with Crippen molar-refractivity contribution in [3.8, 4) is 0 Å². The van der Waals surface area contributed by atoms with E-state index < -0.39 is 0 Å². The number of carbonyl (C=O) groups is 1. The van der Waals surface area contributed by atoms with Crippen LogP contribution in [0.1, 0.15) is 28.5 Å². The van der Waals surface area contributed by atoms with Gasteiger partial charge in [0.25, 0.3) is 0 Å². The van der Waals surface area contributed by atoms with Crippen LogP contribution in [0.15, 0.2) is 54.6 Å². The summed E-state index contributed by atoms with van der Waals surface area (Å²) in [5.41, 5.74) is 2.77. The van der Waals surface area contributed by atoms with E-state index in [4.69, 9.17) is 0 Å². The molecule has 0 amide bonds. The number of carbonyl (C=O) groups excluding carboxylic acids is 1. The third-order valence-corrected chi connectivity index (χ3v) is 3.82. The largest absolute Gasteiger partial charge is 0.366 e. The first kappa shape index (κ1) is 17.5. The zero-order valence-corrected chi connectivity index (χ0v) is 14.6. The molecule has 5 nitrogen and oxygen atoms in total. The zero-order valence-electron chi connectivity index (χ0n) is 14.6. The van der Waals surface area contributed by atoms with Gasteiger partial charge in [-0.15, -0.1) is 0 Å². The molecule has 0 aliphatic carbocycles. The van der Waals surface area contributed by atoms with E-state index in [0.29, 0.717) is 29.4 Å². The van der Waals surface area contributed by atoms with Crippen LogP contribution in [0.4, 0.5) is 21.8 Å². The van der Waals surface area contributed by atoms with Crippen LogP contribution in [0.2, 0.25) is 0 Å². The van der Waals surface area contributed by atoms with Gasteiger partial charge in [-0.2, -0.15) is 4.98 Å². The fourth-order valence-corrected chi connectivity index (χ4v) is 2.46. The lowest BCUT2D eigenvalue weighted by Gasteiger charge is -2.10. The van der Waals surface area contributed by atoms with Crippen LogP contribution in [-0.2, 0) is 6.54 Å². The molecule has 0 radical (unpaired) electrons. The van der Waals surface area contributed by atoms with Crippen molar-refractivity contribution in [2.75, 3.05) is 10.6 Å². The molecule has 0 fully saturated rings. The molecule has 3 aromatic rings. The van der Waals surface area contributed by atoms with Crippen LogP contribution in [0.5, 0.6) is 0 Å². The Bertz CT molecular complexity index is 925. The maximum absolute atomic E-state index is 13.7. The highest BCUT2D eigenvalue weighted by atomic mass is 19.1. The molecule has 0 bridgehead atoms. The summed E-state index contributed by atoms with van der Waals surface area (Å²) >= 11 is 0. The second-order valence-electron chi connectivity index (χ2n) is 5.92. The Hall–Kier alpha value is -3.28. The first-order chi connectivity index (χ1) is 12.5. The minimum atomic E-state index is -0.255. The van der Waals surface area contributed by atoms with E-state index in [1.54, 1.807) is 48.5 Å².